The summed E-state index contributed by atoms with van der Waals surface area (Å²) in [5, 5.41) is 0. The van der Waals surface area contributed by atoms with E-state index in [0.29, 0.717) is 29.5 Å². The summed E-state index contributed by atoms with van der Waals surface area (Å²) in [6, 6.07) is 12.3. The number of ether oxygens (including phenoxy) is 3. The zero-order valence-corrected chi connectivity index (χ0v) is 17.3. The van der Waals surface area contributed by atoms with Crippen molar-refractivity contribution in [3.8, 4) is 17.2 Å². The Labute approximate surface area is 166 Å². The fourth-order valence-corrected chi connectivity index (χ4v) is 4.92. The zero-order chi connectivity index (χ0) is 20.1. The number of nitrogens with one attached hydrogen (secondary N) is 1. The van der Waals surface area contributed by atoms with E-state index in [1.807, 2.05) is 18.2 Å². The molecule has 0 aromatic heterocycles. The van der Waals surface area contributed by atoms with Crippen LogP contribution in [0.1, 0.15) is 5.56 Å². The minimum Gasteiger partial charge on any atom is -0.496 e. The van der Waals surface area contributed by atoms with Gasteiger partial charge in [-0.25, -0.2) is 8.42 Å². The van der Waals surface area contributed by atoms with Gasteiger partial charge in [0.25, 0.3) is 0 Å². The number of rotatable bonds is 7. The zero-order valence-electron chi connectivity index (χ0n) is 16.5. The number of sulfonamides is 1. The van der Waals surface area contributed by atoms with E-state index in [1.54, 1.807) is 49.9 Å². The quantitative estimate of drug-likeness (QED) is 0.735. The van der Waals surface area contributed by atoms with Crippen molar-refractivity contribution in [3.05, 3.63) is 48.0 Å². The summed E-state index contributed by atoms with van der Waals surface area (Å²) in [5.74, 6) is 2.02. The van der Waals surface area contributed by atoms with E-state index in [-0.39, 0.29) is 0 Å². The number of methoxy groups -OCH3 is 3. The minimum atomic E-state index is -3.43. The first-order valence-electron chi connectivity index (χ1n) is 9.17. The van der Waals surface area contributed by atoms with Crippen LogP contribution < -0.4 is 19.1 Å². The van der Waals surface area contributed by atoms with Crippen molar-refractivity contribution in [3.63, 3.8) is 0 Å². The first-order valence-corrected chi connectivity index (χ1v) is 10.6. The molecule has 1 N–H and O–H groups in total. The number of nitrogens with zero attached hydrogens (tertiary/aromatic N) is 1. The standard InChI is InChI=1S/C20H26N2O5S/c1-25-18-14-20(27-3)19(26-2)13-16(18)15-21-9-11-22(12-10-21)28(23,24)17-7-5-4-6-8-17/h4-8,13-14H,9-12,15H2,1-3H3/p+1. The van der Waals surface area contributed by atoms with Gasteiger partial charge in [-0.2, -0.15) is 4.31 Å². The molecule has 152 valence electrons. The van der Waals surface area contributed by atoms with Crippen LogP contribution in [0.15, 0.2) is 47.4 Å². The van der Waals surface area contributed by atoms with Crippen LogP contribution in [0.3, 0.4) is 0 Å². The van der Waals surface area contributed by atoms with E-state index >= 15 is 0 Å². The highest BCUT2D eigenvalue weighted by molar-refractivity contribution is 7.89. The number of piperazine rings is 1. The molecule has 0 aliphatic carbocycles. The molecule has 7 nitrogen and oxygen atoms in total. The predicted octanol–water partition coefficient (Wildman–Crippen LogP) is 0.802. The van der Waals surface area contributed by atoms with Gasteiger partial charge >= 0.3 is 0 Å². The second-order valence-corrected chi connectivity index (χ2v) is 8.60. The fourth-order valence-electron chi connectivity index (χ4n) is 3.46. The molecule has 1 heterocycles. The Morgan fingerprint density at radius 2 is 1.46 bits per heavy atom. The van der Waals surface area contributed by atoms with Gasteiger partial charge in [0, 0.05) is 6.07 Å². The Balaban J connectivity index is 1.69. The summed E-state index contributed by atoms with van der Waals surface area (Å²) < 4.78 is 43.4. The predicted molar refractivity (Wildman–Crippen MR) is 106 cm³/mol. The van der Waals surface area contributed by atoms with E-state index in [0.717, 1.165) is 30.9 Å². The van der Waals surface area contributed by atoms with Crippen molar-refractivity contribution in [2.75, 3.05) is 47.5 Å². The SMILES string of the molecule is COc1cc(OC)c(OC)cc1C[NH+]1CCN(S(=O)(=O)c2ccccc2)CC1. The summed E-state index contributed by atoms with van der Waals surface area (Å²) in [6.07, 6.45) is 0. The molecule has 1 aliphatic rings. The van der Waals surface area contributed by atoms with Crippen molar-refractivity contribution >= 4 is 10.0 Å². The van der Waals surface area contributed by atoms with E-state index in [4.69, 9.17) is 14.2 Å². The van der Waals surface area contributed by atoms with Crippen LogP contribution in [0.2, 0.25) is 0 Å². The summed E-state index contributed by atoms with van der Waals surface area (Å²) in [4.78, 5) is 1.64. The Morgan fingerprint density at radius 3 is 2.04 bits per heavy atom. The van der Waals surface area contributed by atoms with Crippen LogP contribution in [-0.2, 0) is 16.6 Å². The Kier molecular flexibility index (Phi) is 6.43. The second kappa shape index (κ2) is 8.81. The smallest absolute Gasteiger partial charge is 0.243 e. The highest BCUT2D eigenvalue weighted by Gasteiger charge is 2.30. The van der Waals surface area contributed by atoms with Gasteiger partial charge in [-0.1, -0.05) is 18.2 Å². The van der Waals surface area contributed by atoms with Gasteiger partial charge in [-0.3, -0.25) is 0 Å². The van der Waals surface area contributed by atoms with Gasteiger partial charge in [-0.15, -0.1) is 0 Å². The highest BCUT2D eigenvalue weighted by Crippen LogP contribution is 2.34. The maximum Gasteiger partial charge on any atom is 0.243 e. The molecule has 2 aromatic carbocycles. The third-order valence-electron chi connectivity index (χ3n) is 5.04. The molecule has 1 saturated heterocycles. The average Bonchev–Trinajstić information content (AvgIpc) is 2.74. The Bertz CT molecular complexity index is 894. The molecule has 0 unspecified atom stereocenters. The van der Waals surface area contributed by atoms with E-state index in [2.05, 4.69) is 0 Å². The van der Waals surface area contributed by atoms with E-state index in [9.17, 15) is 8.42 Å². The Hall–Kier alpha value is -2.29. The first-order chi connectivity index (χ1) is 13.5. The normalized spacial score (nSPS) is 16.0. The molecule has 0 atom stereocenters. The minimum absolute atomic E-state index is 0.347. The van der Waals surface area contributed by atoms with Gasteiger partial charge in [0.2, 0.25) is 10.0 Å². The van der Waals surface area contributed by atoms with Crippen molar-refractivity contribution in [2.24, 2.45) is 0 Å². The van der Waals surface area contributed by atoms with Crippen molar-refractivity contribution in [2.45, 2.75) is 11.4 Å². The van der Waals surface area contributed by atoms with Crippen molar-refractivity contribution in [1.82, 2.24) is 4.31 Å². The molecule has 0 radical (unpaired) electrons. The van der Waals surface area contributed by atoms with Gasteiger partial charge in [0.1, 0.15) is 12.3 Å². The molecule has 1 fully saturated rings. The molecule has 0 bridgehead atoms. The Morgan fingerprint density at radius 1 is 0.893 bits per heavy atom. The van der Waals surface area contributed by atoms with Gasteiger partial charge in [0.15, 0.2) is 11.5 Å². The van der Waals surface area contributed by atoms with Crippen LogP contribution in [-0.4, -0.2) is 60.2 Å². The molecule has 28 heavy (non-hydrogen) atoms. The van der Waals surface area contributed by atoms with Gasteiger partial charge in [0.05, 0.1) is 58.0 Å². The lowest BCUT2D eigenvalue weighted by molar-refractivity contribution is -0.917. The van der Waals surface area contributed by atoms with E-state index < -0.39 is 10.0 Å². The molecule has 0 spiro atoms. The third-order valence-corrected chi connectivity index (χ3v) is 6.95. The first kappa shape index (κ1) is 20.4. The second-order valence-electron chi connectivity index (χ2n) is 6.66. The lowest BCUT2D eigenvalue weighted by Crippen LogP contribution is -3.13. The molecule has 0 amide bonds. The molecular weight excluding hydrogens is 380 g/mol. The van der Waals surface area contributed by atoms with Crippen LogP contribution >= 0.6 is 0 Å². The average molecular weight is 408 g/mol. The summed E-state index contributed by atoms with van der Waals surface area (Å²) in [5.41, 5.74) is 1.01. The van der Waals surface area contributed by atoms with Gasteiger partial charge in [-0.05, 0) is 18.2 Å². The molecule has 3 rings (SSSR count). The van der Waals surface area contributed by atoms with Crippen LogP contribution in [0, 0.1) is 0 Å². The molecule has 8 heteroatoms. The maximum atomic E-state index is 12.8. The number of benzene rings is 2. The summed E-state index contributed by atoms with van der Waals surface area (Å²) in [6.45, 7) is 3.15. The molecular formula is C20H27N2O5S+. The lowest BCUT2D eigenvalue weighted by atomic mass is 10.1. The van der Waals surface area contributed by atoms with Crippen LogP contribution in [0.4, 0.5) is 0 Å². The lowest BCUT2D eigenvalue weighted by Gasteiger charge is -2.31. The fraction of sp³-hybridized carbons (Fsp3) is 0.400. The molecule has 2 aromatic rings. The maximum absolute atomic E-state index is 12.8. The van der Waals surface area contributed by atoms with Crippen molar-refractivity contribution < 1.29 is 27.5 Å². The summed E-state index contributed by atoms with van der Waals surface area (Å²) >= 11 is 0. The summed E-state index contributed by atoms with van der Waals surface area (Å²) in [7, 11) is 1.39. The number of hydrogen-bond donors (Lipinski definition) is 1. The van der Waals surface area contributed by atoms with Crippen molar-refractivity contribution in [1.29, 1.82) is 0 Å². The van der Waals surface area contributed by atoms with Gasteiger partial charge < -0.3 is 19.1 Å². The molecule has 1 aliphatic heterocycles. The third kappa shape index (κ3) is 4.24. The topological polar surface area (TPSA) is 69.5 Å². The largest absolute Gasteiger partial charge is 0.496 e. The highest BCUT2D eigenvalue weighted by atomic mass is 32.2. The van der Waals surface area contributed by atoms with E-state index in [1.165, 1.54) is 4.90 Å². The molecule has 0 saturated carbocycles. The number of hydrogen-bond acceptors (Lipinski definition) is 5. The monoisotopic (exact) mass is 407 g/mol. The van der Waals surface area contributed by atoms with Crippen LogP contribution in [0.25, 0.3) is 0 Å². The van der Waals surface area contributed by atoms with Crippen LogP contribution in [0.5, 0.6) is 17.2 Å². The number of quaternary nitrogens is 1.